The van der Waals surface area contributed by atoms with Crippen LogP contribution in [0.5, 0.6) is 11.5 Å². The summed E-state index contributed by atoms with van der Waals surface area (Å²) < 4.78 is 33.2. The van der Waals surface area contributed by atoms with Crippen LogP contribution < -0.4 is 4.74 Å². The summed E-state index contributed by atoms with van der Waals surface area (Å²) in [7, 11) is 0. The monoisotopic (exact) mass is 348 g/mol. The zero-order valence-corrected chi connectivity index (χ0v) is 12.5. The fourth-order valence-electron chi connectivity index (χ4n) is 2.14. The highest BCUT2D eigenvalue weighted by atomic mass is 79.9. The summed E-state index contributed by atoms with van der Waals surface area (Å²) in [6.07, 6.45) is 0. The van der Waals surface area contributed by atoms with Crippen LogP contribution in [-0.2, 0) is 5.33 Å². The van der Waals surface area contributed by atoms with E-state index < -0.39 is 11.6 Å². The molecule has 0 spiro atoms. The van der Waals surface area contributed by atoms with E-state index in [1.54, 1.807) is 12.1 Å². The fourth-order valence-corrected chi connectivity index (χ4v) is 2.46. The van der Waals surface area contributed by atoms with E-state index in [2.05, 4.69) is 15.9 Å². The van der Waals surface area contributed by atoms with Crippen LogP contribution >= 0.6 is 15.9 Å². The Morgan fingerprint density at radius 2 is 1.52 bits per heavy atom. The second-order valence-corrected chi connectivity index (χ2v) is 5.19. The number of fused-ring (bicyclic) bond motifs is 1. The first-order valence-corrected chi connectivity index (χ1v) is 7.50. The summed E-state index contributed by atoms with van der Waals surface area (Å²) in [4.78, 5) is 0. The molecule has 3 aromatic carbocycles. The van der Waals surface area contributed by atoms with Crippen LogP contribution in [0.1, 0.15) is 5.56 Å². The molecule has 0 unspecified atom stereocenters. The number of hydrogen-bond acceptors (Lipinski definition) is 1. The first kappa shape index (κ1) is 14.0. The molecule has 0 heterocycles. The summed E-state index contributed by atoms with van der Waals surface area (Å²) in [6.45, 7) is 0. The Labute approximate surface area is 129 Å². The molecule has 0 N–H and O–H groups in total. The van der Waals surface area contributed by atoms with Gasteiger partial charge in [0, 0.05) is 5.33 Å². The lowest BCUT2D eigenvalue weighted by atomic mass is 10.1. The molecule has 0 bridgehead atoms. The second-order valence-electron chi connectivity index (χ2n) is 4.63. The van der Waals surface area contributed by atoms with Crippen LogP contribution in [0.15, 0.2) is 54.6 Å². The molecule has 106 valence electrons. The molecule has 4 heteroatoms. The molecule has 0 aliphatic heterocycles. The highest BCUT2D eigenvalue weighted by Crippen LogP contribution is 2.30. The van der Waals surface area contributed by atoms with E-state index in [0.29, 0.717) is 16.6 Å². The van der Waals surface area contributed by atoms with Gasteiger partial charge in [0.25, 0.3) is 0 Å². The van der Waals surface area contributed by atoms with Crippen molar-refractivity contribution in [1.82, 2.24) is 0 Å². The fraction of sp³-hybridized carbons (Fsp3) is 0.0588. The van der Waals surface area contributed by atoms with E-state index in [1.165, 1.54) is 12.1 Å². The van der Waals surface area contributed by atoms with Crippen molar-refractivity contribution in [3.05, 3.63) is 71.8 Å². The minimum atomic E-state index is -0.711. The van der Waals surface area contributed by atoms with Gasteiger partial charge in [-0.05, 0) is 40.6 Å². The van der Waals surface area contributed by atoms with Gasteiger partial charge in [0.15, 0.2) is 17.4 Å². The van der Waals surface area contributed by atoms with E-state index >= 15 is 0 Å². The summed E-state index contributed by atoms with van der Waals surface area (Å²) in [5.74, 6) is -1.40. The molecule has 0 saturated heterocycles. The molecular weight excluding hydrogens is 338 g/mol. The average molecular weight is 349 g/mol. The Kier molecular flexibility index (Phi) is 3.88. The third-order valence-corrected chi connectivity index (χ3v) is 3.80. The number of halogens is 3. The van der Waals surface area contributed by atoms with E-state index in [9.17, 15) is 8.78 Å². The van der Waals surface area contributed by atoms with Gasteiger partial charge >= 0.3 is 0 Å². The number of alkyl halides is 1. The Balaban J connectivity index is 1.98. The van der Waals surface area contributed by atoms with Gasteiger partial charge in [-0.15, -0.1) is 0 Å². The van der Waals surface area contributed by atoms with Crippen molar-refractivity contribution in [1.29, 1.82) is 0 Å². The van der Waals surface area contributed by atoms with Gasteiger partial charge in [-0.2, -0.15) is 0 Å². The van der Waals surface area contributed by atoms with E-state index in [-0.39, 0.29) is 5.75 Å². The first-order valence-electron chi connectivity index (χ1n) is 6.38. The largest absolute Gasteiger partial charge is 0.451 e. The minimum Gasteiger partial charge on any atom is -0.451 e. The van der Waals surface area contributed by atoms with Crippen molar-refractivity contribution in [2.45, 2.75) is 5.33 Å². The number of benzene rings is 3. The molecule has 0 aliphatic rings. The quantitative estimate of drug-likeness (QED) is 0.543. The normalized spacial score (nSPS) is 10.8. The topological polar surface area (TPSA) is 9.23 Å². The maximum atomic E-state index is 13.9. The summed E-state index contributed by atoms with van der Waals surface area (Å²) in [6, 6.07) is 15.5. The minimum absolute atomic E-state index is 0.380. The molecular formula is C17H11BrF2O. The number of hydrogen-bond donors (Lipinski definition) is 0. The molecule has 0 atom stereocenters. The van der Waals surface area contributed by atoms with Gasteiger partial charge in [0.2, 0.25) is 0 Å². The molecule has 0 aliphatic carbocycles. The van der Waals surface area contributed by atoms with Crippen molar-refractivity contribution < 1.29 is 13.5 Å². The lowest BCUT2D eigenvalue weighted by molar-refractivity contribution is 0.407. The Morgan fingerprint density at radius 3 is 2.19 bits per heavy atom. The zero-order chi connectivity index (χ0) is 14.8. The van der Waals surface area contributed by atoms with Crippen molar-refractivity contribution in [3.8, 4) is 11.5 Å². The first-order chi connectivity index (χ1) is 10.2. The van der Waals surface area contributed by atoms with Crippen LogP contribution in [0.4, 0.5) is 8.78 Å². The molecule has 0 aromatic heterocycles. The van der Waals surface area contributed by atoms with Gasteiger partial charge in [-0.1, -0.05) is 46.3 Å². The number of ether oxygens (including phenoxy) is 1. The molecule has 0 radical (unpaired) electrons. The second kappa shape index (κ2) is 5.82. The molecule has 0 saturated carbocycles. The molecule has 3 rings (SSSR count). The molecule has 0 amide bonds. The van der Waals surface area contributed by atoms with Gasteiger partial charge < -0.3 is 4.74 Å². The molecule has 1 nitrogen and oxygen atoms in total. The van der Waals surface area contributed by atoms with Crippen molar-refractivity contribution in [2.24, 2.45) is 0 Å². The predicted molar refractivity (Wildman–Crippen MR) is 83.0 cm³/mol. The van der Waals surface area contributed by atoms with Crippen LogP contribution in [0, 0.1) is 11.6 Å². The standard InChI is InChI=1S/C17H11BrF2O/c18-10-11-7-15(19)17(16(20)8-11)21-14-6-5-12-3-1-2-4-13(12)9-14/h1-9H,10H2. The third kappa shape index (κ3) is 2.90. The highest BCUT2D eigenvalue weighted by molar-refractivity contribution is 9.08. The summed E-state index contributed by atoms with van der Waals surface area (Å²) in [5.41, 5.74) is 0.524. The van der Waals surface area contributed by atoms with Crippen LogP contribution in [0.25, 0.3) is 10.8 Å². The Bertz CT molecular complexity index is 779. The molecule has 3 aromatic rings. The van der Waals surface area contributed by atoms with Crippen LogP contribution in [0.2, 0.25) is 0 Å². The van der Waals surface area contributed by atoms with Gasteiger partial charge in [0.05, 0.1) is 0 Å². The lowest BCUT2D eigenvalue weighted by Gasteiger charge is -2.10. The average Bonchev–Trinajstić information content (AvgIpc) is 2.50. The van der Waals surface area contributed by atoms with Gasteiger partial charge in [-0.25, -0.2) is 8.78 Å². The number of rotatable bonds is 3. The lowest BCUT2D eigenvalue weighted by Crippen LogP contribution is -1.94. The Hall–Kier alpha value is -1.94. The maximum absolute atomic E-state index is 13.9. The van der Waals surface area contributed by atoms with Crippen LogP contribution in [-0.4, -0.2) is 0 Å². The van der Waals surface area contributed by atoms with Gasteiger partial charge in [-0.3, -0.25) is 0 Å². The van der Waals surface area contributed by atoms with Crippen LogP contribution in [0.3, 0.4) is 0 Å². The smallest absolute Gasteiger partial charge is 0.198 e. The predicted octanol–water partition coefficient (Wildman–Crippen LogP) is 5.81. The SMILES string of the molecule is Fc1cc(CBr)cc(F)c1Oc1ccc2ccccc2c1. The van der Waals surface area contributed by atoms with E-state index in [1.807, 2.05) is 30.3 Å². The summed E-state index contributed by atoms with van der Waals surface area (Å²) in [5, 5.41) is 2.38. The Morgan fingerprint density at radius 1 is 0.857 bits per heavy atom. The van der Waals surface area contributed by atoms with Crippen molar-refractivity contribution >= 4 is 26.7 Å². The van der Waals surface area contributed by atoms with E-state index in [4.69, 9.17) is 4.74 Å². The molecule has 21 heavy (non-hydrogen) atoms. The van der Waals surface area contributed by atoms with Crippen molar-refractivity contribution in [2.75, 3.05) is 0 Å². The maximum Gasteiger partial charge on any atom is 0.198 e. The third-order valence-electron chi connectivity index (χ3n) is 3.15. The van der Waals surface area contributed by atoms with Crippen molar-refractivity contribution in [3.63, 3.8) is 0 Å². The zero-order valence-electron chi connectivity index (χ0n) is 10.9. The molecule has 0 fully saturated rings. The summed E-state index contributed by atoms with van der Waals surface area (Å²) >= 11 is 3.17. The van der Waals surface area contributed by atoms with Gasteiger partial charge in [0.1, 0.15) is 5.75 Å². The highest BCUT2D eigenvalue weighted by Gasteiger charge is 2.13. The van der Waals surface area contributed by atoms with E-state index in [0.717, 1.165) is 10.8 Å².